The van der Waals surface area contributed by atoms with Crippen LogP contribution in [-0.4, -0.2) is 52.2 Å². The van der Waals surface area contributed by atoms with Crippen molar-refractivity contribution in [2.45, 2.75) is 45.8 Å². The highest BCUT2D eigenvalue weighted by Crippen LogP contribution is 2.38. The zero-order valence-electron chi connectivity index (χ0n) is 19.4. The average molecular weight is 484 g/mol. The molecule has 2 aromatic heterocycles. The lowest BCUT2D eigenvalue weighted by molar-refractivity contribution is 0.0893. The Kier molecular flexibility index (Phi) is 6.78. The molecule has 9 nitrogen and oxygen atoms in total. The Morgan fingerprint density at radius 1 is 1.32 bits per heavy atom. The third kappa shape index (κ3) is 5.01. The second-order valence-corrected chi connectivity index (χ2v) is 9.70. The average Bonchev–Trinajstić information content (AvgIpc) is 3.13. The molecular formula is C24H29N5O4S. The number of nitrogen functional groups attached to an aromatic ring is 1. The van der Waals surface area contributed by atoms with Gasteiger partial charge in [0.2, 0.25) is 0 Å². The van der Waals surface area contributed by atoms with Crippen LogP contribution in [0.1, 0.15) is 41.9 Å². The van der Waals surface area contributed by atoms with Gasteiger partial charge in [-0.25, -0.2) is 9.78 Å². The van der Waals surface area contributed by atoms with E-state index in [9.17, 15) is 14.7 Å². The number of likely N-dealkylation sites (tertiary alicyclic amines) is 1. The van der Waals surface area contributed by atoms with E-state index in [0.29, 0.717) is 33.7 Å². The van der Waals surface area contributed by atoms with Crippen LogP contribution in [0.4, 0.5) is 21.9 Å². The van der Waals surface area contributed by atoms with Crippen molar-refractivity contribution < 1.29 is 19.4 Å². The number of nitrogens with one attached hydrogen (secondary N) is 2. The number of fused-ring (bicyclic) bond motifs is 1. The lowest BCUT2D eigenvalue weighted by Gasteiger charge is -2.31. The van der Waals surface area contributed by atoms with Crippen molar-refractivity contribution in [3.63, 3.8) is 0 Å². The second-order valence-electron chi connectivity index (χ2n) is 8.70. The fraction of sp³-hybridized carbons (Fsp3) is 0.375. The van der Waals surface area contributed by atoms with E-state index in [4.69, 9.17) is 10.5 Å². The van der Waals surface area contributed by atoms with Gasteiger partial charge in [0, 0.05) is 31.0 Å². The van der Waals surface area contributed by atoms with Crippen LogP contribution < -0.4 is 21.1 Å². The van der Waals surface area contributed by atoms with Crippen LogP contribution in [-0.2, 0) is 0 Å². The third-order valence-corrected chi connectivity index (χ3v) is 6.79. The molecule has 1 aliphatic heterocycles. The Morgan fingerprint density at radius 3 is 2.82 bits per heavy atom. The maximum Gasteiger partial charge on any atom is 0.407 e. The number of amides is 2. The normalized spacial score (nSPS) is 16.0. The molecule has 0 saturated carbocycles. The number of hydrogen-bond donors (Lipinski definition) is 4. The maximum absolute atomic E-state index is 13.0. The summed E-state index contributed by atoms with van der Waals surface area (Å²) in [7, 11) is 0. The van der Waals surface area contributed by atoms with Crippen LogP contribution in [0, 0.1) is 6.92 Å². The van der Waals surface area contributed by atoms with Gasteiger partial charge in [-0.2, -0.15) is 0 Å². The summed E-state index contributed by atoms with van der Waals surface area (Å²) in [5.41, 5.74) is 9.41. The number of aromatic nitrogens is 1. The van der Waals surface area contributed by atoms with Gasteiger partial charge in [0.1, 0.15) is 15.5 Å². The molecule has 0 spiro atoms. The Labute approximate surface area is 201 Å². The van der Waals surface area contributed by atoms with Gasteiger partial charge in [0.15, 0.2) is 0 Å². The number of benzene rings is 1. The van der Waals surface area contributed by atoms with E-state index in [1.54, 1.807) is 6.20 Å². The van der Waals surface area contributed by atoms with Gasteiger partial charge in [0.25, 0.3) is 5.91 Å². The van der Waals surface area contributed by atoms with Crippen LogP contribution in [0.2, 0.25) is 0 Å². The van der Waals surface area contributed by atoms with Crippen molar-refractivity contribution in [3.05, 3.63) is 40.9 Å². The molecular weight excluding hydrogens is 454 g/mol. The Morgan fingerprint density at radius 2 is 2.12 bits per heavy atom. The Bertz CT molecular complexity index is 1230. The predicted molar refractivity (Wildman–Crippen MR) is 134 cm³/mol. The number of nitrogens with two attached hydrogens (primary N) is 1. The third-order valence-electron chi connectivity index (χ3n) is 5.68. The highest BCUT2D eigenvalue weighted by Gasteiger charge is 2.27. The topological polar surface area (TPSA) is 130 Å². The molecule has 3 aromatic rings. The first-order valence-corrected chi connectivity index (χ1v) is 12.0. The molecule has 0 radical (unpaired) electrons. The van der Waals surface area contributed by atoms with E-state index in [2.05, 4.69) is 15.6 Å². The molecule has 0 aliphatic carbocycles. The number of carbonyl (C=O) groups excluding carboxylic acids is 1. The van der Waals surface area contributed by atoms with E-state index >= 15 is 0 Å². The number of rotatable bonds is 6. The van der Waals surface area contributed by atoms with Crippen molar-refractivity contribution >= 4 is 50.6 Å². The van der Waals surface area contributed by atoms with Crippen molar-refractivity contribution in [2.24, 2.45) is 0 Å². The number of hydrogen-bond acceptors (Lipinski definition) is 7. The molecule has 1 saturated heterocycles. The maximum atomic E-state index is 13.0. The first kappa shape index (κ1) is 23.6. The van der Waals surface area contributed by atoms with E-state index in [1.807, 2.05) is 45.0 Å². The Hall–Kier alpha value is -3.53. The van der Waals surface area contributed by atoms with E-state index in [0.717, 1.165) is 29.1 Å². The first-order chi connectivity index (χ1) is 16.2. The SMILES string of the molecule is Cc1cc(Nc2ccnc3sc(C(=O)NC4CCCN(C(=O)O)C4)c(N)c23)ccc1OC(C)C. The van der Waals surface area contributed by atoms with Gasteiger partial charge in [-0.15, -0.1) is 11.3 Å². The molecule has 1 unspecified atom stereocenters. The minimum atomic E-state index is -0.973. The smallest absolute Gasteiger partial charge is 0.407 e. The molecule has 1 aromatic carbocycles. The van der Waals surface area contributed by atoms with Gasteiger partial charge < -0.3 is 31.1 Å². The lowest BCUT2D eigenvalue weighted by Crippen LogP contribution is -2.49. The number of piperidine rings is 1. The Balaban J connectivity index is 1.56. The summed E-state index contributed by atoms with van der Waals surface area (Å²) >= 11 is 1.23. The van der Waals surface area contributed by atoms with Gasteiger partial charge in [-0.3, -0.25) is 4.79 Å². The number of aryl methyl sites for hydroxylation is 1. The largest absolute Gasteiger partial charge is 0.491 e. The number of anilines is 3. The summed E-state index contributed by atoms with van der Waals surface area (Å²) < 4.78 is 5.82. The van der Waals surface area contributed by atoms with Gasteiger partial charge in [-0.1, -0.05) is 0 Å². The summed E-state index contributed by atoms with van der Waals surface area (Å²) in [6.45, 7) is 6.72. The van der Waals surface area contributed by atoms with Crippen LogP contribution in [0.3, 0.4) is 0 Å². The van der Waals surface area contributed by atoms with Crippen LogP contribution in [0.25, 0.3) is 10.2 Å². The number of ether oxygens (including phenoxy) is 1. The molecule has 34 heavy (non-hydrogen) atoms. The van der Waals surface area contributed by atoms with Crippen LogP contribution >= 0.6 is 11.3 Å². The first-order valence-electron chi connectivity index (χ1n) is 11.2. The minimum Gasteiger partial charge on any atom is -0.491 e. The number of pyridine rings is 1. The van der Waals surface area contributed by atoms with Crippen molar-refractivity contribution in [1.29, 1.82) is 0 Å². The quantitative estimate of drug-likeness (QED) is 0.403. The number of nitrogens with zero attached hydrogens (tertiary/aromatic N) is 2. The molecule has 2 amide bonds. The van der Waals surface area contributed by atoms with Crippen molar-refractivity contribution in [2.75, 3.05) is 24.1 Å². The highest BCUT2D eigenvalue weighted by atomic mass is 32.1. The van der Waals surface area contributed by atoms with Crippen LogP contribution in [0.15, 0.2) is 30.5 Å². The zero-order valence-corrected chi connectivity index (χ0v) is 20.2. The van der Waals surface area contributed by atoms with Crippen LogP contribution in [0.5, 0.6) is 5.75 Å². The van der Waals surface area contributed by atoms with Crippen molar-refractivity contribution in [1.82, 2.24) is 15.2 Å². The molecule has 180 valence electrons. The summed E-state index contributed by atoms with van der Waals surface area (Å²) in [5, 5.41) is 16.3. The predicted octanol–water partition coefficient (Wildman–Crippen LogP) is 4.59. The number of thiophene rings is 1. The summed E-state index contributed by atoms with van der Waals surface area (Å²) in [6.07, 6.45) is 2.22. The molecule has 3 heterocycles. The van der Waals surface area contributed by atoms with Gasteiger partial charge in [0.05, 0.1) is 22.9 Å². The summed E-state index contributed by atoms with van der Waals surface area (Å²) in [6, 6.07) is 7.44. The molecule has 1 aliphatic rings. The fourth-order valence-corrected chi connectivity index (χ4v) is 5.10. The van der Waals surface area contributed by atoms with E-state index in [-0.39, 0.29) is 24.6 Å². The van der Waals surface area contributed by atoms with Gasteiger partial charge in [-0.05, 0) is 63.4 Å². The molecule has 4 rings (SSSR count). The molecule has 1 fully saturated rings. The van der Waals surface area contributed by atoms with E-state index in [1.165, 1.54) is 16.2 Å². The zero-order chi connectivity index (χ0) is 24.4. The summed E-state index contributed by atoms with van der Waals surface area (Å²) in [4.78, 5) is 31.0. The lowest BCUT2D eigenvalue weighted by atomic mass is 10.1. The van der Waals surface area contributed by atoms with Crippen molar-refractivity contribution in [3.8, 4) is 5.75 Å². The number of carboxylic acid groups (broad SMARTS) is 1. The molecule has 0 bridgehead atoms. The number of carbonyl (C=O) groups is 2. The highest BCUT2D eigenvalue weighted by molar-refractivity contribution is 7.21. The van der Waals surface area contributed by atoms with E-state index < -0.39 is 6.09 Å². The molecule has 1 atom stereocenters. The van der Waals surface area contributed by atoms with Gasteiger partial charge >= 0.3 is 6.09 Å². The molecule has 5 N–H and O–H groups in total. The second kappa shape index (κ2) is 9.76. The molecule has 10 heteroatoms. The fourth-order valence-electron chi connectivity index (χ4n) is 4.11. The minimum absolute atomic E-state index is 0.0910. The standard InChI is InChI=1S/C24H29N5O4S/c1-13(2)33-18-7-6-15(11-14(18)3)27-17-8-9-26-23-19(17)20(25)21(34-23)22(30)28-16-5-4-10-29(12-16)24(31)32/h6-9,11,13,16H,4-5,10,12,25H2,1-3H3,(H,26,27)(H,28,30)(H,31,32). The monoisotopic (exact) mass is 483 g/mol. The summed E-state index contributed by atoms with van der Waals surface area (Å²) in [5.74, 6) is 0.522.